The number of ether oxygens (including phenoxy) is 1. The Bertz CT molecular complexity index is 558. The van der Waals surface area contributed by atoms with Crippen LogP contribution >= 0.6 is 0 Å². The van der Waals surface area contributed by atoms with Gasteiger partial charge in [-0.05, 0) is 36.0 Å². The molecule has 126 valence electrons. The van der Waals surface area contributed by atoms with Crippen molar-refractivity contribution in [2.45, 2.75) is 32.3 Å². The number of aliphatic carboxylic acids is 1. The smallest absolute Gasteiger partial charge is 0.312 e. The molecule has 1 fully saturated rings. The number of halogens is 1. The van der Waals surface area contributed by atoms with Gasteiger partial charge in [-0.3, -0.25) is 9.59 Å². The van der Waals surface area contributed by atoms with E-state index in [1.54, 1.807) is 0 Å². The highest BCUT2D eigenvalue weighted by Gasteiger charge is 2.36. The number of benzene rings is 1. The summed E-state index contributed by atoms with van der Waals surface area (Å²) >= 11 is 0. The summed E-state index contributed by atoms with van der Waals surface area (Å²) in [6.45, 7) is 4.57. The van der Waals surface area contributed by atoms with E-state index in [2.05, 4.69) is 5.32 Å². The van der Waals surface area contributed by atoms with Crippen molar-refractivity contribution in [1.29, 1.82) is 0 Å². The van der Waals surface area contributed by atoms with Crippen LogP contribution in [0.3, 0.4) is 0 Å². The van der Waals surface area contributed by atoms with E-state index in [0.717, 1.165) is 6.42 Å². The van der Waals surface area contributed by atoms with Crippen LogP contribution in [0.1, 0.15) is 31.7 Å². The number of rotatable bonds is 6. The molecule has 0 spiro atoms. The molecule has 0 aromatic heterocycles. The summed E-state index contributed by atoms with van der Waals surface area (Å²) in [4.78, 5) is 23.7. The molecule has 0 saturated carbocycles. The first-order valence-electron chi connectivity index (χ1n) is 7.77. The molecule has 1 aromatic rings. The number of hydrogen-bond acceptors (Lipinski definition) is 3. The quantitative estimate of drug-likeness (QED) is 0.841. The standard InChI is InChI=1S/C17H22FNO4/c1-10(2)13-7-8-23-15(13)16(20)19-9-14(17(21)22)11-3-5-12(18)6-4-11/h3-6,10,13-15H,7-9H2,1-2H3,(H,19,20)(H,21,22)/t13-,14?,15-/m0/s1. The Morgan fingerprint density at radius 2 is 2.00 bits per heavy atom. The van der Waals surface area contributed by atoms with Crippen molar-refractivity contribution in [3.05, 3.63) is 35.6 Å². The third-order valence-corrected chi connectivity index (χ3v) is 4.30. The van der Waals surface area contributed by atoms with E-state index in [1.165, 1.54) is 24.3 Å². The maximum atomic E-state index is 13.0. The third-order valence-electron chi connectivity index (χ3n) is 4.30. The Morgan fingerprint density at radius 1 is 1.35 bits per heavy atom. The van der Waals surface area contributed by atoms with Crippen molar-refractivity contribution in [3.8, 4) is 0 Å². The van der Waals surface area contributed by atoms with Crippen LogP contribution in [0.15, 0.2) is 24.3 Å². The van der Waals surface area contributed by atoms with E-state index in [4.69, 9.17) is 4.74 Å². The molecule has 1 saturated heterocycles. The zero-order chi connectivity index (χ0) is 17.0. The van der Waals surface area contributed by atoms with Crippen LogP contribution in [0.25, 0.3) is 0 Å². The topological polar surface area (TPSA) is 75.6 Å². The predicted molar refractivity (Wildman–Crippen MR) is 82.5 cm³/mol. The maximum Gasteiger partial charge on any atom is 0.312 e. The number of carboxylic acids is 1. The van der Waals surface area contributed by atoms with E-state index in [-0.39, 0.29) is 18.4 Å². The van der Waals surface area contributed by atoms with Crippen LogP contribution in [-0.4, -0.2) is 36.2 Å². The van der Waals surface area contributed by atoms with Crippen LogP contribution in [0.5, 0.6) is 0 Å². The lowest BCUT2D eigenvalue weighted by Gasteiger charge is -2.22. The van der Waals surface area contributed by atoms with E-state index in [1.807, 2.05) is 13.8 Å². The van der Waals surface area contributed by atoms with Gasteiger partial charge in [0.05, 0.1) is 5.92 Å². The Balaban J connectivity index is 2.00. The zero-order valence-electron chi connectivity index (χ0n) is 13.3. The van der Waals surface area contributed by atoms with Gasteiger partial charge in [0.25, 0.3) is 0 Å². The lowest BCUT2D eigenvalue weighted by molar-refractivity contribution is -0.139. The summed E-state index contributed by atoms with van der Waals surface area (Å²) in [5.74, 6) is -2.23. The number of hydrogen-bond donors (Lipinski definition) is 2. The van der Waals surface area contributed by atoms with Crippen LogP contribution in [0.4, 0.5) is 4.39 Å². The van der Waals surface area contributed by atoms with Gasteiger partial charge < -0.3 is 15.2 Å². The van der Waals surface area contributed by atoms with Crippen LogP contribution < -0.4 is 5.32 Å². The molecule has 0 radical (unpaired) electrons. The van der Waals surface area contributed by atoms with Crippen molar-refractivity contribution in [3.63, 3.8) is 0 Å². The minimum Gasteiger partial charge on any atom is -0.481 e. The lowest BCUT2D eigenvalue weighted by atomic mass is 9.89. The first-order chi connectivity index (χ1) is 10.9. The molecular formula is C17H22FNO4. The summed E-state index contributed by atoms with van der Waals surface area (Å²) in [6, 6.07) is 5.26. The molecule has 1 aliphatic heterocycles. The highest BCUT2D eigenvalue weighted by atomic mass is 19.1. The largest absolute Gasteiger partial charge is 0.481 e. The molecule has 1 aromatic carbocycles. The van der Waals surface area contributed by atoms with Crippen molar-refractivity contribution in [2.24, 2.45) is 11.8 Å². The molecule has 1 unspecified atom stereocenters. The second-order valence-corrected chi connectivity index (χ2v) is 6.18. The third kappa shape index (κ3) is 4.28. The number of nitrogens with one attached hydrogen (secondary N) is 1. The van der Waals surface area contributed by atoms with E-state index >= 15 is 0 Å². The molecule has 1 amide bonds. The molecule has 5 nitrogen and oxygen atoms in total. The van der Waals surface area contributed by atoms with Gasteiger partial charge in [0.2, 0.25) is 5.91 Å². The second kappa shape index (κ2) is 7.55. The highest BCUT2D eigenvalue weighted by molar-refractivity contribution is 5.83. The summed E-state index contributed by atoms with van der Waals surface area (Å²) in [5, 5.41) is 12.0. The van der Waals surface area contributed by atoms with E-state index in [0.29, 0.717) is 18.1 Å². The number of carbonyl (C=O) groups excluding carboxylic acids is 1. The molecule has 0 aliphatic carbocycles. The molecule has 2 rings (SSSR count). The maximum absolute atomic E-state index is 13.0. The molecular weight excluding hydrogens is 301 g/mol. The summed E-state index contributed by atoms with van der Waals surface area (Å²) in [7, 11) is 0. The van der Waals surface area contributed by atoms with Crippen LogP contribution in [0, 0.1) is 17.7 Å². The SMILES string of the molecule is CC(C)[C@@H]1CCO[C@@H]1C(=O)NCC(C(=O)O)c1ccc(F)cc1. The molecule has 1 aliphatic rings. The minimum atomic E-state index is -1.07. The molecule has 3 atom stereocenters. The predicted octanol–water partition coefficient (Wildman–Crippen LogP) is 2.17. The number of amides is 1. The fourth-order valence-electron chi connectivity index (χ4n) is 2.91. The summed E-state index contributed by atoms with van der Waals surface area (Å²) in [5.41, 5.74) is 0.451. The molecule has 0 bridgehead atoms. The van der Waals surface area contributed by atoms with Crippen molar-refractivity contribution in [1.82, 2.24) is 5.32 Å². The van der Waals surface area contributed by atoms with Gasteiger partial charge in [0.1, 0.15) is 11.9 Å². The lowest BCUT2D eigenvalue weighted by Crippen LogP contribution is -2.42. The number of carboxylic acid groups (broad SMARTS) is 1. The zero-order valence-corrected chi connectivity index (χ0v) is 13.3. The van der Waals surface area contributed by atoms with E-state index < -0.39 is 23.8 Å². The Hall–Kier alpha value is -1.95. The average Bonchev–Trinajstić information content (AvgIpc) is 2.98. The second-order valence-electron chi connectivity index (χ2n) is 6.18. The van der Waals surface area contributed by atoms with Gasteiger partial charge in [-0.25, -0.2) is 4.39 Å². The number of carbonyl (C=O) groups is 2. The van der Waals surface area contributed by atoms with Crippen molar-refractivity contribution >= 4 is 11.9 Å². The highest BCUT2D eigenvalue weighted by Crippen LogP contribution is 2.28. The normalized spacial score (nSPS) is 22.1. The van der Waals surface area contributed by atoms with Gasteiger partial charge in [-0.2, -0.15) is 0 Å². The summed E-state index contributed by atoms with van der Waals surface area (Å²) in [6.07, 6.45) is 0.299. The van der Waals surface area contributed by atoms with Crippen molar-refractivity contribution < 1.29 is 23.8 Å². The van der Waals surface area contributed by atoms with Gasteiger partial charge in [-0.1, -0.05) is 26.0 Å². The van der Waals surface area contributed by atoms with Crippen LogP contribution in [-0.2, 0) is 14.3 Å². The molecule has 1 heterocycles. The monoisotopic (exact) mass is 323 g/mol. The fraction of sp³-hybridized carbons (Fsp3) is 0.529. The van der Waals surface area contributed by atoms with Crippen molar-refractivity contribution in [2.75, 3.05) is 13.2 Å². The molecule has 2 N–H and O–H groups in total. The van der Waals surface area contributed by atoms with E-state index in [9.17, 15) is 19.1 Å². The summed E-state index contributed by atoms with van der Waals surface area (Å²) < 4.78 is 18.4. The minimum absolute atomic E-state index is 0.0511. The van der Waals surface area contributed by atoms with Gasteiger partial charge in [0.15, 0.2) is 0 Å². The average molecular weight is 323 g/mol. The molecule has 6 heteroatoms. The van der Waals surface area contributed by atoms with Gasteiger partial charge in [-0.15, -0.1) is 0 Å². The molecule has 23 heavy (non-hydrogen) atoms. The Kier molecular flexibility index (Phi) is 5.71. The first-order valence-corrected chi connectivity index (χ1v) is 7.77. The Labute approximate surface area is 134 Å². The van der Waals surface area contributed by atoms with Gasteiger partial charge >= 0.3 is 5.97 Å². The van der Waals surface area contributed by atoms with Gasteiger partial charge in [0, 0.05) is 13.2 Å². The van der Waals surface area contributed by atoms with Crippen LogP contribution in [0.2, 0.25) is 0 Å². The Morgan fingerprint density at radius 3 is 2.57 bits per heavy atom. The first kappa shape index (κ1) is 17.4. The fourth-order valence-corrected chi connectivity index (χ4v) is 2.91.